The third-order valence-corrected chi connectivity index (χ3v) is 6.07. The molecule has 0 atom stereocenters. The zero-order chi connectivity index (χ0) is 22.4. The second-order valence-electron chi connectivity index (χ2n) is 7.84. The number of pyridine rings is 2. The minimum Gasteiger partial charge on any atom is -0.351 e. The van der Waals surface area contributed by atoms with Crippen LogP contribution in [-0.4, -0.2) is 29.3 Å². The Morgan fingerprint density at radius 1 is 0.909 bits per heavy atom. The van der Waals surface area contributed by atoms with Crippen LogP contribution in [0.25, 0.3) is 27.5 Å². The van der Waals surface area contributed by atoms with Gasteiger partial charge >= 0.3 is 0 Å². The lowest BCUT2D eigenvalue weighted by atomic mass is 10.1. The van der Waals surface area contributed by atoms with E-state index < -0.39 is 0 Å². The number of aromatic amines is 1. The Morgan fingerprint density at radius 3 is 2.76 bits per heavy atom. The minimum absolute atomic E-state index is 0.569. The third-order valence-electron chi connectivity index (χ3n) is 5.55. The molecule has 162 valence electrons. The van der Waals surface area contributed by atoms with E-state index in [1.54, 1.807) is 18.6 Å². The van der Waals surface area contributed by atoms with Crippen LogP contribution in [0.15, 0.2) is 67.5 Å². The third kappa shape index (κ3) is 3.86. The average Bonchev–Trinajstić information content (AvgIpc) is 3.40. The maximum Gasteiger partial charge on any atom is 0.207 e. The average molecular weight is 474 g/mol. The van der Waals surface area contributed by atoms with Gasteiger partial charge in [0.25, 0.3) is 0 Å². The first-order valence-corrected chi connectivity index (χ1v) is 11.1. The van der Waals surface area contributed by atoms with Crippen LogP contribution in [0.1, 0.15) is 16.8 Å². The summed E-state index contributed by atoms with van der Waals surface area (Å²) in [6.45, 7) is 0.569. The van der Waals surface area contributed by atoms with E-state index in [1.165, 1.54) is 0 Å². The highest BCUT2D eigenvalue weighted by Gasteiger charge is 2.09. The molecule has 33 heavy (non-hydrogen) atoms. The van der Waals surface area contributed by atoms with E-state index in [1.807, 2.05) is 41.2 Å². The molecular weight excluding hydrogens is 457 g/mol. The first-order chi connectivity index (χ1) is 16.1. The number of rotatable bonds is 5. The molecule has 0 spiro atoms. The lowest BCUT2D eigenvalue weighted by molar-refractivity contribution is 0.988. The lowest BCUT2D eigenvalue weighted by Crippen LogP contribution is -2.05. The van der Waals surface area contributed by atoms with Crippen molar-refractivity contribution in [3.63, 3.8) is 0 Å². The summed E-state index contributed by atoms with van der Waals surface area (Å²) in [5, 5.41) is 6.59. The van der Waals surface area contributed by atoms with Gasteiger partial charge in [-0.15, -0.1) is 0 Å². The fraction of sp³-hybridized carbons (Fsp3) is 0.0833. The number of benzene rings is 1. The predicted molar refractivity (Wildman–Crippen MR) is 131 cm³/mol. The first kappa shape index (κ1) is 20.0. The van der Waals surface area contributed by atoms with Crippen molar-refractivity contribution in [3.8, 4) is 0 Å². The summed E-state index contributed by atoms with van der Waals surface area (Å²) < 4.78 is 2.01. The van der Waals surface area contributed by atoms with Gasteiger partial charge in [-0.05, 0) is 35.4 Å². The van der Waals surface area contributed by atoms with Crippen LogP contribution in [0, 0.1) is 0 Å². The first-order valence-electron chi connectivity index (χ1n) is 10.3. The summed E-state index contributed by atoms with van der Waals surface area (Å²) in [5.41, 5.74) is 5.69. The fourth-order valence-corrected chi connectivity index (χ4v) is 4.29. The fourth-order valence-electron chi connectivity index (χ4n) is 3.92. The highest BCUT2D eigenvalue weighted by molar-refractivity contribution is 6.35. The van der Waals surface area contributed by atoms with Crippen LogP contribution in [0.2, 0.25) is 10.0 Å². The van der Waals surface area contributed by atoms with Gasteiger partial charge in [0.15, 0.2) is 0 Å². The van der Waals surface area contributed by atoms with Crippen LogP contribution < -0.4 is 5.32 Å². The highest BCUT2D eigenvalue weighted by atomic mass is 35.5. The Kier molecular flexibility index (Phi) is 4.86. The van der Waals surface area contributed by atoms with E-state index in [0.717, 1.165) is 50.2 Å². The number of imidazole rings is 1. The number of aromatic nitrogens is 6. The molecule has 0 radical (unpaired) electrons. The predicted octanol–water partition coefficient (Wildman–Crippen LogP) is 5.66. The van der Waals surface area contributed by atoms with E-state index in [-0.39, 0.29) is 0 Å². The lowest BCUT2D eigenvalue weighted by Gasteiger charge is -2.08. The number of nitrogens with zero attached hydrogens (tertiary/aromatic N) is 5. The van der Waals surface area contributed by atoms with Crippen molar-refractivity contribution in [2.75, 3.05) is 5.32 Å². The maximum absolute atomic E-state index is 6.22. The standard InChI is InChI=1S/C24H17Cl2N7/c25-17-6-16-3-14(1-2-22(16)28-9-17)4-18-13-33-19(10-27-18)11-32-24(33)31-8-15-5-20-21(26)12-30-23(20)29-7-15/h1-3,5-7,9-13H,4,8H2,(H,29,30)(H,31,32). The molecule has 5 heterocycles. The van der Waals surface area contributed by atoms with Crippen molar-refractivity contribution in [1.29, 1.82) is 0 Å². The Bertz CT molecular complexity index is 1640. The largest absolute Gasteiger partial charge is 0.351 e. The molecule has 0 saturated heterocycles. The summed E-state index contributed by atoms with van der Waals surface area (Å²) in [6.07, 6.45) is 11.6. The van der Waals surface area contributed by atoms with E-state index >= 15 is 0 Å². The smallest absolute Gasteiger partial charge is 0.207 e. The molecule has 0 unspecified atom stereocenters. The van der Waals surface area contributed by atoms with Crippen LogP contribution in [0.4, 0.5) is 5.95 Å². The zero-order valence-electron chi connectivity index (χ0n) is 17.3. The molecular formula is C24H17Cl2N7. The van der Waals surface area contributed by atoms with Crippen LogP contribution >= 0.6 is 23.2 Å². The molecule has 0 fully saturated rings. The van der Waals surface area contributed by atoms with Gasteiger partial charge in [0.2, 0.25) is 5.95 Å². The normalized spacial score (nSPS) is 11.6. The number of hydrogen-bond acceptors (Lipinski definition) is 5. The minimum atomic E-state index is 0.569. The maximum atomic E-state index is 6.22. The Morgan fingerprint density at radius 2 is 1.82 bits per heavy atom. The number of nitrogens with one attached hydrogen (secondary N) is 2. The van der Waals surface area contributed by atoms with Crippen molar-refractivity contribution in [2.45, 2.75) is 13.0 Å². The van der Waals surface area contributed by atoms with E-state index in [4.69, 9.17) is 23.2 Å². The number of hydrogen-bond donors (Lipinski definition) is 2. The molecule has 5 aromatic heterocycles. The molecule has 0 aliphatic heterocycles. The molecule has 6 aromatic rings. The van der Waals surface area contributed by atoms with Crippen LogP contribution in [-0.2, 0) is 13.0 Å². The van der Waals surface area contributed by atoms with E-state index in [9.17, 15) is 0 Å². The second kappa shape index (κ2) is 8.03. The summed E-state index contributed by atoms with van der Waals surface area (Å²) in [4.78, 5) is 21.0. The van der Waals surface area contributed by atoms with Gasteiger partial charge in [0.05, 0.1) is 39.2 Å². The van der Waals surface area contributed by atoms with Crippen molar-refractivity contribution >= 4 is 56.6 Å². The van der Waals surface area contributed by atoms with E-state index in [2.05, 4.69) is 42.4 Å². The van der Waals surface area contributed by atoms with Gasteiger partial charge in [0.1, 0.15) is 5.65 Å². The van der Waals surface area contributed by atoms with Crippen LogP contribution in [0.5, 0.6) is 0 Å². The molecule has 2 N–H and O–H groups in total. The van der Waals surface area contributed by atoms with Gasteiger partial charge in [-0.3, -0.25) is 14.4 Å². The Balaban J connectivity index is 1.25. The van der Waals surface area contributed by atoms with Gasteiger partial charge in [-0.25, -0.2) is 9.97 Å². The summed E-state index contributed by atoms with van der Waals surface area (Å²) in [7, 11) is 0. The van der Waals surface area contributed by atoms with Gasteiger partial charge in [-0.2, -0.15) is 0 Å². The van der Waals surface area contributed by atoms with Crippen molar-refractivity contribution in [3.05, 3.63) is 94.4 Å². The second-order valence-corrected chi connectivity index (χ2v) is 8.69. The highest BCUT2D eigenvalue weighted by Crippen LogP contribution is 2.23. The zero-order valence-corrected chi connectivity index (χ0v) is 18.8. The van der Waals surface area contributed by atoms with Crippen molar-refractivity contribution < 1.29 is 0 Å². The van der Waals surface area contributed by atoms with Gasteiger partial charge in [0, 0.05) is 48.5 Å². The summed E-state index contributed by atoms with van der Waals surface area (Å²) >= 11 is 12.3. The van der Waals surface area contributed by atoms with Crippen LogP contribution in [0.3, 0.4) is 0 Å². The molecule has 0 aliphatic carbocycles. The molecule has 9 heteroatoms. The molecule has 6 rings (SSSR count). The molecule has 0 aliphatic rings. The molecule has 1 aromatic carbocycles. The van der Waals surface area contributed by atoms with E-state index in [0.29, 0.717) is 23.0 Å². The molecule has 0 bridgehead atoms. The molecule has 7 nitrogen and oxygen atoms in total. The summed E-state index contributed by atoms with van der Waals surface area (Å²) in [6, 6.07) is 10.1. The van der Waals surface area contributed by atoms with Gasteiger partial charge < -0.3 is 10.3 Å². The number of H-pyrrole nitrogens is 1. The number of halogens is 2. The Hall–Kier alpha value is -3.68. The van der Waals surface area contributed by atoms with Gasteiger partial charge in [-0.1, -0.05) is 29.3 Å². The van der Waals surface area contributed by atoms with Crippen molar-refractivity contribution in [2.24, 2.45) is 0 Å². The SMILES string of the molecule is Clc1cnc2ccc(Cc3cn4c(NCc5cnc6[nH]cc(Cl)c6c5)ncc4cn3)cc2c1. The topological polar surface area (TPSA) is 83.8 Å². The number of fused-ring (bicyclic) bond motifs is 3. The molecule has 0 saturated carbocycles. The quantitative estimate of drug-likeness (QED) is 0.337. The summed E-state index contributed by atoms with van der Waals surface area (Å²) in [5.74, 6) is 0.739. The number of anilines is 1. The Labute approximate surface area is 198 Å². The van der Waals surface area contributed by atoms with Crippen molar-refractivity contribution in [1.82, 2.24) is 29.3 Å². The molecule has 0 amide bonds. The monoisotopic (exact) mass is 473 g/mol.